The summed E-state index contributed by atoms with van der Waals surface area (Å²) in [7, 11) is 0. The van der Waals surface area contributed by atoms with E-state index in [1.807, 2.05) is 0 Å². The SMILES string of the molecule is Cc1ccccc1C1=CC2=C(CC1CCc1ccccc1)c1ccc(N(C3=CCC(C(C)(C)C)C=C3)C3C=CC(C(C)(C)C)=CC3)cc1C2(C)C. The van der Waals surface area contributed by atoms with Crippen molar-refractivity contribution in [3.05, 3.63) is 160 Å². The summed E-state index contributed by atoms with van der Waals surface area (Å²) in [6, 6.07) is 27.8. The second-order valence-corrected chi connectivity index (χ2v) is 18.2. The average molecular weight is 674 g/mol. The minimum Gasteiger partial charge on any atom is -0.335 e. The van der Waals surface area contributed by atoms with Gasteiger partial charge in [0.15, 0.2) is 0 Å². The monoisotopic (exact) mass is 673 g/mol. The van der Waals surface area contributed by atoms with Crippen LogP contribution >= 0.6 is 0 Å². The van der Waals surface area contributed by atoms with E-state index in [-0.39, 0.29) is 22.3 Å². The van der Waals surface area contributed by atoms with E-state index < -0.39 is 0 Å². The molecule has 3 aromatic rings. The highest BCUT2D eigenvalue weighted by molar-refractivity contribution is 5.90. The molecule has 0 aromatic heterocycles. The lowest BCUT2D eigenvalue weighted by molar-refractivity contribution is 0.293. The molecule has 0 aliphatic heterocycles. The number of fused-ring (bicyclic) bond motifs is 2. The molecule has 51 heavy (non-hydrogen) atoms. The number of nitrogens with zero attached hydrogens (tertiary/aromatic N) is 1. The molecule has 4 aliphatic rings. The van der Waals surface area contributed by atoms with E-state index >= 15 is 0 Å². The molecule has 0 N–H and O–H groups in total. The van der Waals surface area contributed by atoms with Crippen molar-refractivity contribution in [2.75, 3.05) is 4.90 Å². The third kappa shape index (κ3) is 6.94. The van der Waals surface area contributed by atoms with Crippen LogP contribution in [-0.4, -0.2) is 6.04 Å². The molecular formula is C50H59N. The fraction of sp³-hybridized carbons (Fsp3) is 0.400. The van der Waals surface area contributed by atoms with Crippen molar-refractivity contribution >= 4 is 16.8 Å². The van der Waals surface area contributed by atoms with Crippen molar-refractivity contribution in [1.82, 2.24) is 0 Å². The summed E-state index contributed by atoms with van der Waals surface area (Å²) >= 11 is 0. The van der Waals surface area contributed by atoms with Crippen molar-refractivity contribution in [3.63, 3.8) is 0 Å². The summed E-state index contributed by atoms with van der Waals surface area (Å²) in [4.78, 5) is 2.63. The predicted molar refractivity (Wildman–Crippen MR) is 221 cm³/mol. The normalized spacial score (nSPS) is 22.6. The maximum absolute atomic E-state index is 2.63. The van der Waals surface area contributed by atoms with E-state index in [1.165, 1.54) is 55.9 Å². The maximum atomic E-state index is 2.63. The van der Waals surface area contributed by atoms with Gasteiger partial charge in [0.1, 0.15) is 0 Å². The zero-order chi connectivity index (χ0) is 36.1. The van der Waals surface area contributed by atoms with Gasteiger partial charge in [-0.1, -0.05) is 153 Å². The molecule has 3 unspecified atom stereocenters. The molecule has 3 aromatic carbocycles. The summed E-state index contributed by atoms with van der Waals surface area (Å²) in [6.07, 6.45) is 22.7. The van der Waals surface area contributed by atoms with Gasteiger partial charge in [0.25, 0.3) is 0 Å². The van der Waals surface area contributed by atoms with Gasteiger partial charge in [0, 0.05) is 16.8 Å². The van der Waals surface area contributed by atoms with Crippen LogP contribution in [0.4, 0.5) is 5.69 Å². The molecule has 1 nitrogen and oxygen atoms in total. The molecule has 264 valence electrons. The molecular weight excluding hydrogens is 615 g/mol. The van der Waals surface area contributed by atoms with Gasteiger partial charge in [-0.2, -0.15) is 0 Å². The van der Waals surface area contributed by atoms with Gasteiger partial charge in [-0.05, 0) is 130 Å². The van der Waals surface area contributed by atoms with Gasteiger partial charge >= 0.3 is 0 Å². The molecule has 0 saturated carbocycles. The van der Waals surface area contributed by atoms with Crippen molar-refractivity contribution < 1.29 is 0 Å². The van der Waals surface area contributed by atoms with Crippen LogP contribution in [0.25, 0.3) is 11.1 Å². The maximum Gasteiger partial charge on any atom is 0.0559 e. The fourth-order valence-corrected chi connectivity index (χ4v) is 9.00. The second kappa shape index (κ2) is 13.5. The van der Waals surface area contributed by atoms with E-state index in [9.17, 15) is 0 Å². The van der Waals surface area contributed by atoms with Gasteiger partial charge < -0.3 is 4.90 Å². The Bertz CT molecular complexity index is 1970. The lowest BCUT2D eigenvalue weighted by atomic mass is 9.73. The van der Waals surface area contributed by atoms with E-state index in [0.717, 1.165) is 32.1 Å². The van der Waals surface area contributed by atoms with Crippen LogP contribution < -0.4 is 4.90 Å². The predicted octanol–water partition coefficient (Wildman–Crippen LogP) is 13.4. The van der Waals surface area contributed by atoms with Crippen LogP contribution in [0.5, 0.6) is 0 Å². The van der Waals surface area contributed by atoms with Crippen LogP contribution in [0.2, 0.25) is 0 Å². The molecule has 0 fully saturated rings. The van der Waals surface area contributed by atoms with E-state index in [4.69, 9.17) is 0 Å². The van der Waals surface area contributed by atoms with Crippen LogP contribution in [0.15, 0.2) is 132 Å². The third-order valence-corrected chi connectivity index (χ3v) is 12.3. The Morgan fingerprint density at radius 2 is 1.53 bits per heavy atom. The largest absolute Gasteiger partial charge is 0.335 e. The zero-order valence-electron chi connectivity index (χ0n) is 32.7. The Morgan fingerprint density at radius 1 is 0.784 bits per heavy atom. The first-order valence-corrected chi connectivity index (χ1v) is 19.5. The van der Waals surface area contributed by atoms with E-state index in [1.54, 1.807) is 5.57 Å². The Balaban J connectivity index is 1.26. The van der Waals surface area contributed by atoms with E-state index in [0.29, 0.717) is 11.8 Å². The molecule has 0 saturated heterocycles. The first-order chi connectivity index (χ1) is 24.2. The van der Waals surface area contributed by atoms with Gasteiger partial charge in [-0.3, -0.25) is 0 Å². The Kier molecular flexibility index (Phi) is 9.32. The first kappa shape index (κ1) is 35.3. The first-order valence-electron chi connectivity index (χ1n) is 19.5. The van der Waals surface area contributed by atoms with Gasteiger partial charge in [-0.15, -0.1) is 0 Å². The summed E-state index contributed by atoms with van der Waals surface area (Å²) in [6.45, 7) is 21.3. The average Bonchev–Trinajstić information content (AvgIpc) is 3.32. The highest BCUT2D eigenvalue weighted by atomic mass is 15.2. The van der Waals surface area contributed by atoms with Crippen molar-refractivity contribution in [1.29, 1.82) is 0 Å². The minimum absolute atomic E-state index is 0.0828. The Labute approximate surface area is 309 Å². The number of hydrogen-bond donors (Lipinski definition) is 0. The standard InChI is InChI=1S/C50H59N/c1-34-15-13-14-18-42(34)44-33-47-45(31-36(44)20-19-35-16-11-10-12-17-35)43-30-29-41(32-46(43)50(47,8)9)51(39-25-21-37(22-26-39)48(2,3)4)40-27-23-38(24-28-40)49(5,6)7/h10-18,21-23,25,27-30,32-33,36,38-39H,19-20,24,26,31H2,1-9H3. The number of aryl methyl sites for hydroxylation is 2. The molecule has 0 radical (unpaired) electrons. The molecule has 1 heteroatoms. The summed E-state index contributed by atoms with van der Waals surface area (Å²) in [5.74, 6) is 1.03. The van der Waals surface area contributed by atoms with Crippen LogP contribution in [-0.2, 0) is 11.8 Å². The molecule has 3 atom stereocenters. The third-order valence-electron chi connectivity index (χ3n) is 12.3. The summed E-state index contributed by atoms with van der Waals surface area (Å²) in [5, 5.41) is 0. The number of hydrogen-bond acceptors (Lipinski definition) is 1. The van der Waals surface area contributed by atoms with E-state index in [2.05, 4.69) is 183 Å². The highest BCUT2D eigenvalue weighted by Gasteiger charge is 2.41. The van der Waals surface area contributed by atoms with Crippen molar-refractivity contribution in [2.24, 2.45) is 22.7 Å². The Morgan fingerprint density at radius 3 is 2.18 bits per heavy atom. The molecule has 0 spiro atoms. The van der Waals surface area contributed by atoms with Gasteiger partial charge in [0.05, 0.1) is 6.04 Å². The lowest BCUT2D eigenvalue weighted by Crippen LogP contribution is -2.35. The quantitative estimate of drug-likeness (QED) is 0.241. The zero-order valence-corrected chi connectivity index (χ0v) is 32.7. The summed E-state index contributed by atoms with van der Waals surface area (Å²) < 4.78 is 0. The smallest absolute Gasteiger partial charge is 0.0559 e. The van der Waals surface area contributed by atoms with Gasteiger partial charge in [0.2, 0.25) is 0 Å². The highest BCUT2D eigenvalue weighted by Crippen LogP contribution is 2.55. The molecule has 0 bridgehead atoms. The van der Waals surface area contributed by atoms with Crippen LogP contribution in [0, 0.1) is 29.6 Å². The van der Waals surface area contributed by atoms with Crippen LogP contribution in [0.1, 0.15) is 109 Å². The second-order valence-electron chi connectivity index (χ2n) is 18.2. The fourth-order valence-electron chi connectivity index (χ4n) is 9.00. The number of rotatable bonds is 7. The number of benzene rings is 3. The lowest BCUT2D eigenvalue weighted by Gasteiger charge is -2.38. The number of anilines is 1. The minimum atomic E-state index is -0.0828. The van der Waals surface area contributed by atoms with Crippen molar-refractivity contribution in [3.8, 4) is 0 Å². The van der Waals surface area contributed by atoms with Crippen LogP contribution in [0.3, 0.4) is 0 Å². The summed E-state index contributed by atoms with van der Waals surface area (Å²) in [5.41, 5.74) is 16.1. The molecule has 4 aliphatic carbocycles. The van der Waals surface area contributed by atoms with Crippen molar-refractivity contribution in [2.45, 2.75) is 106 Å². The Hall–Kier alpha value is -4.10. The topological polar surface area (TPSA) is 3.24 Å². The number of allylic oxidation sites excluding steroid dienone is 9. The molecule has 0 heterocycles. The molecule has 0 amide bonds. The van der Waals surface area contributed by atoms with Gasteiger partial charge in [-0.25, -0.2) is 0 Å². The molecule has 7 rings (SSSR count).